The van der Waals surface area contributed by atoms with Gasteiger partial charge in [-0.1, -0.05) is 38.1 Å². The van der Waals surface area contributed by atoms with Crippen molar-refractivity contribution in [2.75, 3.05) is 13.6 Å². The van der Waals surface area contributed by atoms with E-state index in [0.29, 0.717) is 12.3 Å². The lowest BCUT2D eigenvalue weighted by molar-refractivity contribution is -0.129. The van der Waals surface area contributed by atoms with Crippen molar-refractivity contribution in [1.29, 1.82) is 0 Å². The smallest absolute Gasteiger partial charge is 0.226 e. The summed E-state index contributed by atoms with van der Waals surface area (Å²) in [7, 11) is 1.85. The molecule has 0 spiro atoms. The largest absolute Gasteiger partial charge is 0.345 e. The number of likely N-dealkylation sites (N-methyl/N-ethyl adjacent to an activating group) is 1. The quantitative estimate of drug-likeness (QED) is 0.855. The predicted molar refractivity (Wildman–Crippen MR) is 80.0 cm³/mol. The van der Waals surface area contributed by atoms with Crippen molar-refractivity contribution in [2.24, 2.45) is 11.7 Å². The molecule has 0 radical (unpaired) electrons. The summed E-state index contributed by atoms with van der Waals surface area (Å²) >= 11 is 0. The summed E-state index contributed by atoms with van der Waals surface area (Å²) in [5.74, 6) is 0.616. The molecular weight excluding hydrogens is 236 g/mol. The van der Waals surface area contributed by atoms with Crippen LogP contribution < -0.4 is 5.73 Å². The Morgan fingerprint density at radius 1 is 1.32 bits per heavy atom. The highest BCUT2D eigenvalue weighted by molar-refractivity contribution is 5.78. The second-order valence-electron chi connectivity index (χ2n) is 5.62. The van der Waals surface area contributed by atoms with E-state index in [9.17, 15) is 4.79 Å². The average Bonchev–Trinajstić information content (AvgIpc) is 2.37. The minimum atomic E-state index is 0.158. The third kappa shape index (κ3) is 5.03. The maximum Gasteiger partial charge on any atom is 0.226 e. The number of carbonyl (C=O) groups is 1. The molecule has 0 aliphatic rings. The summed E-state index contributed by atoms with van der Waals surface area (Å²) in [6.45, 7) is 6.99. The van der Waals surface area contributed by atoms with Crippen LogP contribution in [-0.4, -0.2) is 30.4 Å². The number of nitrogens with two attached hydrogens (primary N) is 1. The van der Waals surface area contributed by atoms with Gasteiger partial charge in [-0.15, -0.1) is 0 Å². The van der Waals surface area contributed by atoms with Crippen LogP contribution in [0.2, 0.25) is 0 Å². The van der Waals surface area contributed by atoms with Crippen LogP contribution in [0.4, 0.5) is 0 Å². The van der Waals surface area contributed by atoms with Gasteiger partial charge in [-0.05, 0) is 30.4 Å². The summed E-state index contributed by atoms with van der Waals surface area (Å²) in [4.78, 5) is 13.9. The van der Waals surface area contributed by atoms with E-state index < -0.39 is 0 Å². The molecule has 0 saturated carbocycles. The van der Waals surface area contributed by atoms with Crippen LogP contribution in [0.5, 0.6) is 0 Å². The molecule has 3 nitrogen and oxygen atoms in total. The maximum atomic E-state index is 12.1. The van der Waals surface area contributed by atoms with E-state index in [1.165, 1.54) is 5.56 Å². The predicted octanol–water partition coefficient (Wildman–Crippen LogP) is 2.37. The number of carbonyl (C=O) groups excluding carboxylic acids is 1. The normalized spacial score (nSPS) is 12.5. The first-order chi connectivity index (χ1) is 8.91. The number of hydrogen-bond acceptors (Lipinski definition) is 2. The summed E-state index contributed by atoms with van der Waals surface area (Å²) in [5.41, 5.74) is 8.28. The Morgan fingerprint density at radius 2 is 1.95 bits per heavy atom. The Morgan fingerprint density at radius 3 is 2.53 bits per heavy atom. The maximum absolute atomic E-state index is 12.1. The van der Waals surface area contributed by atoms with Gasteiger partial charge in [0.25, 0.3) is 0 Å². The average molecular weight is 262 g/mol. The fourth-order valence-electron chi connectivity index (χ4n) is 1.91. The first kappa shape index (κ1) is 15.7. The van der Waals surface area contributed by atoms with Gasteiger partial charge in [0.05, 0.1) is 6.42 Å². The fraction of sp³-hybridized carbons (Fsp3) is 0.562. The highest BCUT2D eigenvalue weighted by atomic mass is 16.2. The van der Waals surface area contributed by atoms with Crippen molar-refractivity contribution in [1.82, 2.24) is 4.90 Å². The van der Waals surface area contributed by atoms with Gasteiger partial charge >= 0.3 is 0 Å². The van der Waals surface area contributed by atoms with Crippen molar-refractivity contribution in [3.05, 3.63) is 35.4 Å². The van der Waals surface area contributed by atoms with Crippen molar-refractivity contribution in [2.45, 2.75) is 39.7 Å². The number of hydrogen-bond donors (Lipinski definition) is 1. The lowest BCUT2D eigenvalue weighted by atomic mass is 10.0. The number of amides is 1. The van der Waals surface area contributed by atoms with Crippen LogP contribution in [0, 0.1) is 12.8 Å². The van der Waals surface area contributed by atoms with Crippen LogP contribution in [0.25, 0.3) is 0 Å². The number of nitrogens with zero attached hydrogens (tertiary/aromatic N) is 1. The van der Waals surface area contributed by atoms with Crippen LogP contribution in [0.3, 0.4) is 0 Å². The number of aryl methyl sites for hydroxylation is 1. The van der Waals surface area contributed by atoms with Gasteiger partial charge in [-0.25, -0.2) is 0 Å². The van der Waals surface area contributed by atoms with Gasteiger partial charge in [0, 0.05) is 19.6 Å². The van der Waals surface area contributed by atoms with Crippen LogP contribution >= 0.6 is 0 Å². The van der Waals surface area contributed by atoms with Crippen LogP contribution in [-0.2, 0) is 11.2 Å². The van der Waals surface area contributed by atoms with E-state index in [1.807, 2.05) is 38.2 Å². The molecule has 2 N–H and O–H groups in total. The lowest BCUT2D eigenvalue weighted by Crippen LogP contribution is -2.35. The molecule has 0 saturated heterocycles. The molecule has 1 aromatic rings. The second kappa shape index (κ2) is 7.29. The molecule has 0 aliphatic heterocycles. The molecule has 0 aliphatic carbocycles. The van der Waals surface area contributed by atoms with Crippen LogP contribution in [0.15, 0.2) is 24.3 Å². The molecule has 0 aromatic heterocycles. The van der Waals surface area contributed by atoms with Crippen LogP contribution in [0.1, 0.15) is 31.4 Å². The minimum Gasteiger partial charge on any atom is -0.345 e. The Hall–Kier alpha value is -1.35. The van der Waals surface area contributed by atoms with E-state index in [2.05, 4.69) is 13.8 Å². The van der Waals surface area contributed by atoms with E-state index in [4.69, 9.17) is 5.73 Å². The first-order valence-corrected chi connectivity index (χ1v) is 6.96. The van der Waals surface area contributed by atoms with Gasteiger partial charge < -0.3 is 10.6 Å². The summed E-state index contributed by atoms with van der Waals surface area (Å²) in [5, 5.41) is 0. The van der Waals surface area contributed by atoms with E-state index >= 15 is 0 Å². The van der Waals surface area contributed by atoms with Crippen molar-refractivity contribution in [3.8, 4) is 0 Å². The van der Waals surface area contributed by atoms with Gasteiger partial charge in [0.2, 0.25) is 5.91 Å². The molecule has 1 aromatic carbocycles. The van der Waals surface area contributed by atoms with E-state index in [0.717, 1.165) is 18.5 Å². The Bertz CT molecular complexity index is 415. The van der Waals surface area contributed by atoms with Crippen molar-refractivity contribution in [3.63, 3.8) is 0 Å². The molecule has 1 atom stereocenters. The molecule has 3 heteroatoms. The summed E-state index contributed by atoms with van der Waals surface area (Å²) in [6.07, 6.45) is 1.33. The molecule has 1 unspecified atom stereocenters. The monoisotopic (exact) mass is 262 g/mol. The molecule has 19 heavy (non-hydrogen) atoms. The van der Waals surface area contributed by atoms with Gasteiger partial charge in [0.1, 0.15) is 0 Å². The SMILES string of the molecule is Cc1ccccc1CC(=O)N(C)CCC(N)C(C)C. The molecule has 1 amide bonds. The van der Waals surface area contributed by atoms with Gasteiger partial charge in [-0.2, -0.15) is 0 Å². The van der Waals surface area contributed by atoms with E-state index in [1.54, 1.807) is 4.90 Å². The van der Waals surface area contributed by atoms with Crippen molar-refractivity contribution >= 4 is 5.91 Å². The van der Waals surface area contributed by atoms with Crippen molar-refractivity contribution < 1.29 is 4.79 Å². The highest BCUT2D eigenvalue weighted by Crippen LogP contribution is 2.10. The minimum absolute atomic E-state index is 0.158. The second-order valence-corrected chi connectivity index (χ2v) is 5.62. The third-order valence-corrected chi connectivity index (χ3v) is 3.68. The fourth-order valence-corrected chi connectivity index (χ4v) is 1.91. The molecule has 106 valence electrons. The molecule has 0 bridgehead atoms. The third-order valence-electron chi connectivity index (χ3n) is 3.68. The summed E-state index contributed by atoms with van der Waals surface area (Å²) < 4.78 is 0. The Balaban J connectivity index is 2.47. The number of benzene rings is 1. The highest BCUT2D eigenvalue weighted by Gasteiger charge is 2.13. The Kier molecular flexibility index (Phi) is 6.03. The zero-order chi connectivity index (χ0) is 14.4. The molecule has 0 heterocycles. The lowest BCUT2D eigenvalue weighted by Gasteiger charge is -2.22. The zero-order valence-corrected chi connectivity index (χ0v) is 12.5. The summed E-state index contributed by atoms with van der Waals surface area (Å²) in [6, 6.07) is 8.19. The molecule has 0 fully saturated rings. The topological polar surface area (TPSA) is 46.3 Å². The Labute approximate surface area is 116 Å². The standard InChI is InChI=1S/C16H26N2O/c1-12(2)15(17)9-10-18(4)16(19)11-14-8-6-5-7-13(14)3/h5-8,12,15H,9-11,17H2,1-4H3. The molecule has 1 rings (SSSR count). The number of rotatable bonds is 6. The van der Waals surface area contributed by atoms with E-state index in [-0.39, 0.29) is 11.9 Å². The molecular formula is C16H26N2O. The first-order valence-electron chi connectivity index (χ1n) is 6.96. The van der Waals surface area contributed by atoms with Gasteiger partial charge in [-0.3, -0.25) is 4.79 Å². The van der Waals surface area contributed by atoms with Gasteiger partial charge in [0.15, 0.2) is 0 Å². The zero-order valence-electron chi connectivity index (χ0n) is 12.5.